The topological polar surface area (TPSA) is 108 Å². The molecule has 0 saturated heterocycles. The molecule has 3 atom stereocenters. The van der Waals surface area contributed by atoms with Crippen molar-refractivity contribution in [3.63, 3.8) is 0 Å². The largest absolute Gasteiger partial charge is 0.756 e. The lowest BCUT2D eigenvalue weighted by Crippen LogP contribution is -2.46. The van der Waals surface area contributed by atoms with Crippen molar-refractivity contribution in [2.24, 2.45) is 0 Å². The van der Waals surface area contributed by atoms with Crippen LogP contribution in [0.5, 0.6) is 0 Å². The van der Waals surface area contributed by atoms with Gasteiger partial charge in [-0.15, -0.1) is 0 Å². The fourth-order valence-corrected chi connectivity index (χ4v) is 9.77. The minimum absolute atomic E-state index is 0.0162. The molecule has 0 spiro atoms. The van der Waals surface area contributed by atoms with Gasteiger partial charge >= 0.3 is 0 Å². The summed E-state index contributed by atoms with van der Waals surface area (Å²) in [5.41, 5.74) is 0. The fourth-order valence-electron chi connectivity index (χ4n) is 9.04. The number of hydrogen-bond donors (Lipinski definition) is 2. The van der Waals surface area contributed by atoms with Gasteiger partial charge in [-0.2, -0.15) is 0 Å². The van der Waals surface area contributed by atoms with Crippen LogP contribution in [-0.2, 0) is 18.4 Å². The van der Waals surface area contributed by atoms with Crippen molar-refractivity contribution in [1.29, 1.82) is 0 Å². The van der Waals surface area contributed by atoms with Gasteiger partial charge < -0.3 is 28.8 Å². The SMILES string of the molecule is CCCCCCCCCCCCCCCCCCCCCCCCCCCCCCCCCCC(=O)N[C@@H](COP(=O)([O-])OCC[N+](C)(C)C)[C@H](O)CCCCCCCCCCCCC. The molecule has 1 amide bonds. The van der Waals surface area contributed by atoms with E-state index in [0.29, 0.717) is 23.9 Å². The number of phosphoric ester groups is 1. The second kappa shape index (κ2) is 48.5. The predicted molar refractivity (Wildman–Crippen MR) is 279 cm³/mol. The number of quaternary nitrogens is 1. The molecule has 1 unspecified atom stereocenters. The number of aliphatic hydroxyl groups is 1. The lowest BCUT2D eigenvalue weighted by Gasteiger charge is -2.30. The molecule has 0 heterocycles. The lowest BCUT2D eigenvalue weighted by atomic mass is 10.0. The minimum atomic E-state index is -4.56. The van der Waals surface area contributed by atoms with Crippen LogP contribution in [-0.4, -0.2) is 68.5 Å². The summed E-state index contributed by atoms with van der Waals surface area (Å²) in [6.45, 7) is 4.75. The van der Waals surface area contributed by atoms with Gasteiger partial charge in [0.2, 0.25) is 5.91 Å². The van der Waals surface area contributed by atoms with Gasteiger partial charge in [0.15, 0.2) is 0 Å². The van der Waals surface area contributed by atoms with Crippen LogP contribution in [0.4, 0.5) is 0 Å². The Morgan fingerprint density at radius 1 is 0.477 bits per heavy atom. The number of hydrogen-bond acceptors (Lipinski definition) is 6. The molecular formula is C56H115N2O6P. The molecule has 65 heavy (non-hydrogen) atoms. The lowest BCUT2D eigenvalue weighted by molar-refractivity contribution is -0.870. The molecule has 0 aromatic carbocycles. The molecule has 0 aromatic heterocycles. The van der Waals surface area contributed by atoms with Crippen LogP contribution >= 0.6 is 7.82 Å². The number of amides is 1. The third kappa shape index (κ3) is 51.2. The monoisotopic (exact) mass is 943 g/mol. The summed E-state index contributed by atoms with van der Waals surface area (Å²) < 4.78 is 23.3. The number of nitrogens with one attached hydrogen (secondary N) is 1. The summed E-state index contributed by atoms with van der Waals surface area (Å²) in [5.74, 6) is -0.158. The molecule has 0 bridgehead atoms. The maximum atomic E-state index is 12.9. The Labute approximate surface area is 406 Å². The van der Waals surface area contributed by atoms with Gasteiger partial charge in [0.25, 0.3) is 7.82 Å². The van der Waals surface area contributed by atoms with E-state index in [4.69, 9.17) is 9.05 Å². The molecular weight excluding hydrogens is 828 g/mol. The molecule has 9 heteroatoms. The summed E-state index contributed by atoms with van der Waals surface area (Å²) in [5, 5.41) is 13.9. The van der Waals surface area contributed by atoms with Crippen molar-refractivity contribution in [2.75, 3.05) is 40.9 Å². The van der Waals surface area contributed by atoms with Gasteiger partial charge in [0.05, 0.1) is 39.9 Å². The molecule has 0 saturated carbocycles. The van der Waals surface area contributed by atoms with Crippen molar-refractivity contribution >= 4 is 13.7 Å². The molecule has 8 nitrogen and oxygen atoms in total. The van der Waals surface area contributed by atoms with Crippen molar-refractivity contribution < 1.29 is 32.9 Å². The van der Waals surface area contributed by atoms with E-state index >= 15 is 0 Å². The van der Waals surface area contributed by atoms with Crippen LogP contribution in [0, 0.1) is 0 Å². The zero-order valence-corrected chi connectivity index (χ0v) is 45.4. The quantitative estimate of drug-likeness (QED) is 0.0357. The molecule has 0 aliphatic rings. The van der Waals surface area contributed by atoms with E-state index in [1.165, 1.54) is 238 Å². The number of aliphatic hydroxyl groups excluding tert-OH is 1. The van der Waals surface area contributed by atoms with Crippen molar-refractivity contribution in [1.82, 2.24) is 5.32 Å². The molecule has 0 rings (SSSR count). The van der Waals surface area contributed by atoms with Gasteiger partial charge in [-0.05, 0) is 12.8 Å². The van der Waals surface area contributed by atoms with Gasteiger partial charge in [-0.1, -0.05) is 284 Å². The van der Waals surface area contributed by atoms with Crippen LogP contribution in [0.25, 0.3) is 0 Å². The zero-order chi connectivity index (χ0) is 47.8. The Balaban J connectivity index is 3.89. The standard InChI is InChI=1S/C56H115N2O6P/c1-6-8-10-12-14-16-18-19-20-21-22-23-24-25-26-27-28-29-30-31-32-33-34-35-36-37-38-40-42-44-46-48-50-56(60)57-54(53-64-65(61,62)63-52-51-58(3,4)5)55(59)49-47-45-43-41-39-17-15-13-11-9-7-2/h54-55,59H,6-53H2,1-5H3,(H-,57,60,61,62)/t54-,55+/m0/s1. The molecule has 2 N–H and O–H groups in total. The van der Waals surface area contributed by atoms with E-state index < -0.39 is 20.0 Å². The van der Waals surface area contributed by atoms with E-state index in [-0.39, 0.29) is 19.1 Å². The number of nitrogens with zero attached hydrogens (tertiary/aromatic N) is 1. The first-order chi connectivity index (χ1) is 31.5. The first-order valence-electron chi connectivity index (χ1n) is 28.9. The fraction of sp³-hybridized carbons (Fsp3) is 0.982. The molecule has 0 aliphatic carbocycles. The number of unbranched alkanes of at least 4 members (excludes halogenated alkanes) is 41. The molecule has 0 aliphatic heterocycles. The third-order valence-corrected chi connectivity index (χ3v) is 14.6. The molecule has 0 fully saturated rings. The first-order valence-corrected chi connectivity index (χ1v) is 30.3. The van der Waals surface area contributed by atoms with E-state index in [0.717, 1.165) is 38.5 Å². The average Bonchev–Trinajstić information content (AvgIpc) is 3.26. The summed E-state index contributed by atoms with van der Waals surface area (Å²) in [4.78, 5) is 25.4. The number of phosphoric acid groups is 1. The Hall–Kier alpha value is -0.500. The number of carbonyl (C=O) groups excluding carboxylic acids is 1. The Morgan fingerprint density at radius 2 is 0.754 bits per heavy atom. The van der Waals surface area contributed by atoms with E-state index in [1.807, 2.05) is 21.1 Å². The highest BCUT2D eigenvalue weighted by Crippen LogP contribution is 2.38. The molecule has 390 valence electrons. The Kier molecular flexibility index (Phi) is 48.1. The average molecular weight is 944 g/mol. The summed E-state index contributed by atoms with van der Waals surface area (Å²) >= 11 is 0. The maximum Gasteiger partial charge on any atom is 0.268 e. The van der Waals surface area contributed by atoms with Crippen LogP contribution in [0.2, 0.25) is 0 Å². The van der Waals surface area contributed by atoms with Crippen molar-refractivity contribution in [2.45, 2.75) is 315 Å². The van der Waals surface area contributed by atoms with Crippen LogP contribution < -0.4 is 10.2 Å². The number of rotatable bonds is 54. The first kappa shape index (κ1) is 64.5. The Bertz CT molecular complexity index is 1030. The zero-order valence-electron chi connectivity index (χ0n) is 44.5. The predicted octanol–water partition coefficient (Wildman–Crippen LogP) is 16.6. The van der Waals surface area contributed by atoms with Crippen molar-refractivity contribution in [3.05, 3.63) is 0 Å². The number of carbonyl (C=O) groups is 1. The van der Waals surface area contributed by atoms with E-state index in [9.17, 15) is 19.4 Å². The van der Waals surface area contributed by atoms with E-state index in [1.54, 1.807) is 0 Å². The van der Waals surface area contributed by atoms with Gasteiger partial charge in [-0.3, -0.25) is 9.36 Å². The second-order valence-corrected chi connectivity index (χ2v) is 22.8. The van der Waals surface area contributed by atoms with Gasteiger partial charge in [0.1, 0.15) is 13.2 Å². The summed E-state index contributed by atoms with van der Waals surface area (Å²) in [6, 6.07) is -0.793. The third-order valence-electron chi connectivity index (χ3n) is 13.6. The second-order valence-electron chi connectivity index (χ2n) is 21.4. The van der Waals surface area contributed by atoms with Gasteiger partial charge in [0, 0.05) is 6.42 Å². The normalized spacial score (nSPS) is 13.9. The van der Waals surface area contributed by atoms with Gasteiger partial charge in [-0.25, -0.2) is 0 Å². The highest BCUT2D eigenvalue weighted by molar-refractivity contribution is 7.45. The smallest absolute Gasteiger partial charge is 0.268 e. The van der Waals surface area contributed by atoms with Crippen molar-refractivity contribution in [3.8, 4) is 0 Å². The highest BCUT2D eigenvalue weighted by Gasteiger charge is 2.24. The molecule has 0 radical (unpaired) electrons. The summed E-state index contributed by atoms with van der Waals surface area (Å²) in [7, 11) is 1.32. The maximum absolute atomic E-state index is 12.9. The van der Waals surface area contributed by atoms with Crippen LogP contribution in [0.1, 0.15) is 303 Å². The number of likely N-dealkylation sites (N-methyl/N-ethyl adjacent to an activating group) is 1. The highest BCUT2D eigenvalue weighted by atomic mass is 31.2. The van der Waals surface area contributed by atoms with Crippen LogP contribution in [0.3, 0.4) is 0 Å². The summed E-state index contributed by atoms with van der Waals surface area (Å²) in [6.07, 6.45) is 57.3. The van der Waals surface area contributed by atoms with Crippen LogP contribution in [0.15, 0.2) is 0 Å². The minimum Gasteiger partial charge on any atom is -0.756 e. The Morgan fingerprint density at radius 3 is 1.05 bits per heavy atom. The molecule has 0 aromatic rings. The van der Waals surface area contributed by atoms with E-state index in [2.05, 4.69) is 19.2 Å².